The van der Waals surface area contributed by atoms with E-state index in [-0.39, 0.29) is 5.30 Å². The van der Waals surface area contributed by atoms with Crippen molar-refractivity contribution in [1.29, 1.82) is 0 Å². The zero-order chi connectivity index (χ0) is 24.3. The van der Waals surface area contributed by atoms with Crippen LogP contribution >= 0.6 is 15.0 Å². The first-order chi connectivity index (χ1) is 16.1. The minimum Gasteiger partial charge on any atom is -0.341 e. The summed E-state index contributed by atoms with van der Waals surface area (Å²) in [6, 6.07) is 5.94. The van der Waals surface area contributed by atoms with Crippen molar-refractivity contribution in [3.05, 3.63) is 36.4 Å². The number of rotatable bonds is 9. The van der Waals surface area contributed by atoms with Crippen LogP contribution in [-0.4, -0.2) is 53.2 Å². The second kappa shape index (κ2) is 10.2. The van der Waals surface area contributed by atoms with E-state index >= 15 is 0 Å². The van der Waals surface area contributed by atoms with Gasteiger partial charge < -0.3 is 29.9 Å². The number of hydrogen-bond acceptors (Lipinski definition) is 7. The zero-order valence-corrected chi connectivity index (χ0v) is 20.8. The minimum absolute atomic E-state index is 0.0212. The molecule has 0 saturated carbocycles. The van der Waals surface area contributed by atoms with Crippen LogP contribution in [0.3, 0.4) is 0 Å². The van der Waals surface area contributed by atoms with Crippen LogP contribution in [0.2, 0.25) is 0 Å². The van der Waals surface area contributed by atoms with Gasteiger partial charge in [-0.1, -0.05) is 0 Å². The maximum atomic E-state index is 12.4. The molecule has 11 nitrogen and oxygen atoms in total. The van der Waals surface area contributed by atoms with Crippen LogP contribution in [0.5, 0.6) is 0 Å². The quantitative estimate of drug-likeness (QED) is 0.272. The van der Waals surface area contributed by atoms with E-state index in [1.807, 2.05) is 11.5 Å². The highest BCUT2D eigenvalue weighted by molar-refractivity contribution is 7.77. The summed E-state index contributed by atoms with van der Waals surface area (Å²) >= 11 is 0. The van der Waals surface area contributed by atoms with E-state index in [1.165, 1.54) is 12.1 Å². The standard InChI is InChI=1S/C21H30N6O5P2/c1-2-27-13-23-19-20(25-18(26-21(19)27)8-3-15-9-11-22-12-10-15)24-16-4-6-17(7-5-16)33(28,29)14-34(30,31)32/h4-7,13,15,22H,2-3,8-12,14H2,1H3,(H,28,29)(H,24,25,26)(H2,30,31,32). The average Bonchev–Trinajstić information content (AvgIpc) is 3.20. The number of anilines is 2. The lowest BCUT2D eigenvalue weighted by Crippen LogP contribution is -2.28. The van der Waals surface area contributed by atoms with Crippen molar-refractivity contribution < 1.29 is 23.8 Å². The zero-order valence-electron chi connectivity index (χ0n) is 19.0. The third-order valence-corrected chi connectivity index (χ3v) is 10.1. The molecule has 1 aromatic carbocycles. The molecule has 13 heteroatoms. The van der Waals surface area contributed by atoms with Gasteiger partial charge in [-0.05, 0) is 69.5 Å². The van der Waals surface area contributed by atoms with E-state index in [0.29, 0.717) is 22.9 Å². The van der Waals surface area contributed by atoms with Crippen LogP contribution in [0.1, 0.15) is 32.0 Å². The van der Waals surface area contributed by atoms with Crippen LogP contribution in [0.15, 0.2) is 30.6 Å². The summed E-state index contributed by atoms with van der Waals surface area (Å²) in [7, 11) is -8.81. The first-order valence-corrected chi connectivity index (χ1v) is 15.0. The molecule has 1 aliphatic heterocycles. The van der Waals surface area contributed by atoms with Crippen LogP contribution in [0, 0.1) is 5.92 Å². The summed E-state index contributed by atoms with van der Waals surface area (Å²) in [5.41, 5.74) is 1.99. The molecule has 0 radical (unpaired) electrons. The first kappa shape index (κ1) is 25.0. The molecule has 1 fully saturated rings. The van der Waals surface area contributed by atoms with Crippen molar-refractivity contribution in [2.24, 2.45) is 5.92 Å². The highest BCUT2D eigenvalue weighted by atomic mass is 31.2. The summed E-state index contributed by atoms with van der Waals surface area (Å²) in [4.78, 5) is 42.2. The SMILES string of the molecule is CCn1cnc2c(Nc3ccc(P(=O)(O)CP(=O)(O)O)cc3)nc(CCC3CCNCC3)nc21. The molecule has 1 saturated heterocycles. The Morgan fingerprint density at radius 3 is 2.47 bits per heavy atom. The summed E-state index contributed by atoms with van der Waals surface area (Å²) in [6.07, 6.45) is 5.83. The molecule has 1 atom stereocenters. The highest BCUT2D eigenvalue weighted by Crippen LogP contribution is 2.53. The molecule has 0 spiro atoms. The van der Waals surface area contributed by atoms with Gasteiger partial charge in [0.2, 0.25) is 7.37 Å². The first-order valence-electron chi connectivity index (χ1n) is 11.3. The molecule has 34 heavy (non-hydrogen) atoms. The van der Waals surface area contributed by atoms with Gasteiger partial charge >= 0.3 is 7.60 Å². The minimum atomic E-state index is -4.63. The monoisotopic (exact) mass is 508 g/mol. The molecule has 2 aromatic heterocycles. The number of piperidine rings is 1. The molecule has 0 amide bonds. The molecule has 0 aliphatic carbocycles. The maximum absolute atomic E-state index is 12.4. The fraction of sp³-hybridized carbons (Fsp3) is 0.476. The van der Waals surface area contributed by atoms with Gasteiger partial charge in [0.15, 0.2) is 17.0 Å². The van der Waals surface area contributed by atoms with Gasteiger partial charge in [-0.25, -0.2) is 15.0 Å². The number of nitrogens with one attached hydrogen (secondary N) is 2. The Bertz CT molecular complexity index is 1240. The molecule has 1 aliphatic rings. The maximum Gasteiger partial charge on any atom is 0.335 e. The third-order valence-electron chi connectivity index (χ3n) is 6.00. The van der Waals surface area contributed by atoms with E-state index in [4.69, 9.17) is 19.8 Å². The lowest BCUT2D eigenvalue weighted by molar-refractivity contribution is 0.352. The summed E-state index contributed by atoms with van der Waals surface area (Å²) in [5.74, 6) is 0.853. The van der Waals surface area contributed by atoms with Gasteiger partial charge in [-0.3, -0.25) is 9.13 Å². The summed E-state index contributed by atoms with van der Waals surface area (Å²) < 4.78 is 25.5. The van der Waals surface area contributed by atoms with Crippen molar-refractivity contribution in [3.63, 3.8) is 0 Å². The Labute approximate surface area is 197 Å². The molecule has 3 aromatic rings. The molecular weight excluding hydrogens is 478 g/mol. The van der Waals surface area contributed by atoms with Crippen LogP contribution in [-0.2, 0) is 22.1 Å². The number of benzene rings is 1. The van der Waals surface area contributed by atoms with E-state index < -0.39 is 20.9 Å². The number of nitrogens with zero attached hydrogens (tertiary/aromatic N) is 4. The normalized spacial score (nSPS) is 17.1. The van der Waals surface area contributed by atoms with Crippen molar-refractivity contribution in [2.45, 2.75) is 39.2 Å². The van der Waals surface area contributed by atoms with Gasteiger partial charge in [0.05, 0.1) is 6.33 Å². The number of fused-ring (bicyclic) bond motifs is 1. The Morgan fingerprint density at radius 2 is 1.82 bits per heavy atom. The molecular formula is C21H30N6O5P2. The Balaban J connectivity index is 1.57. The highest BCUT2D eigenvalue weighted by Gasteiger charge is 2.31. The van der Waals surface area contributed by atoms with Gasteiger partial charge in [0, 0.05) is 24.0 Å². The van der Waals surface area contributed by atoms with E-state index in [2.05, 4.69) is 15.6 Å². The number of hydrogen-bond donors (Lipinski definition) is 5. The van der Waals surface area contributed by atoms with Crippen molar-refractivity contribution in [3.8, 4) is 0 Å². The van der Waals surface area contributed by atoms with Gasteiger partial charge in [-0.15, -0.1) is 0 Å². The van der Waals surface area contributed by atoms with Gasteiger partial charge in [0.25, 0.3) is 0 Å². The second-order valence-electron chi connectivity index (χ2n) is 8.60. The topological polar surface area (TPSA) is 162 Å². The summed E-state index contributed by atoms with van der Waals surface area (Å²) in [6.45, 7) is 4.84. The smallest absolute Gasteiger partial charge is 0.335 e. The van der Waals surface area contributed by atoms with Gasteiger partial charge in [-0.2, -0.15) is 0 Å². The largest absolute Gasteiger partial charge is 0.341 e. The number of aryl methyl sites for hydroxylation is 2. The van der Waals surface area contributed by atoms with Crippen molar-refractivity contribution in [1.82, 2.24) is 24.8 Å². The van der Waals surface area contributed by atoms with E-state index in [1.54, 1.807) is 18.5 Å². The fourth-order valence-corrected chi connectivity index (χ4v) is 7.43. The Hall–Kier alpha value is -2.13. The summed E-state index contributed by atoms with van der Waals surface area (Å²) in [5, 5.41) is 6.59. The van der Waals surface area contributed by atoms with Crippen LogP contribution < -0.4 is 15.9 Å². The van der Waals surface area contributed by atoms with Crippen LogP contribution in [0.25, 0.3) is 11.2 Å². The Morgan fingerprint density at radius 1 is 1.12 bits per heavy atom. The van der Waals surface area contributed by atoms with Gasteiger partial charge in [0.1, 0.15) is 11.7 Å². The molecule has 184 valence electrons. The molecule has 0 bridgehead atoms. The van der Waals surface area contributed by atoms with Crippen molar-refractivity contribution in [2.75, 3.05) is 24.3 Å². The fourth-order valence-electron chi connectivity index (χ4n) is 4.17. The lowest BCUT2D eigenvalue weighted by atomic mass is 9.93. The lowest BCUT2D eigenvalue weighted by Gasteiger charge is -2.22. The third kappa shape index (κ3) is 6.10. The molecule has 1 unspecified atom stereocenters. The predicted octanol–water partition coefficient (Wildman–Crippen LogP) is 2.55. The predicted molar refractivity (Wildman–Crippen MR) is 131 cm³/mol. The average molecular weight is 508 g/mol. The molecule has 3 heterocycles. The van der Waals surface area contributed by atoms with E-state index in [0.717, 1.165) is 56.8 Å². The van der Waals surface area contributed by atoms with E-state index in [9.17, 15) is 14.0 Å². The second-order valence-corrected chi connectivity index (χ2v) is 13.0. The van der Waals surface area contributed by atoms with Crippen molar-refractivity contribution >= 4 is 42.9 Å². The Kier molecular flexibility index (Phi) is 7.52. The number of imidazole rings is 1. The van der Waals surface area contributed by atoms with Crippen LogP contribution in [0.4, 0.5) is 11.5 Å². The molecule has 4 rings (SSSR count). The number of aromatic nitrogens is 4. The molecule has 5 N–H and O–H groups in total.